The van der Waals surface area contributed by atoms with E-state index < -0.39 is 30.1 Å². The molecule has 0 unspecified atom stereocenters. The molecule has 134 valence electrons. The number of cyclic esters (lactones) is 1. The maximum atomic E-state index is 11.5. The van der Waals surface area contributed by atoms with Crippen LogP contribution in [-0.2, 0) is 9.53 Å². The van der Waals surface area contributed by atoms with E-state index in [0.29, 0.717) is 0 Å². The molecule has 0 spiro atoms. The summed E-state index contributed by atoms with van der Waals surface area (Å²) in [5.41, 5.74) is -0.802. The quantitative estimate of drug-likeness (QED) is 0.370. The van der Waals surface area contributed by atoms with Crippen molar-refractivity contribution >= 4 is 24.3 Å². The average molecular weight is 431 g/mol. The summed E-state index contributed by atoms with van der Waals surface area (Å²) in [4.78, 5) is 11.5. The molecule has 4 heteroatoms. The number of rotatable bonds is 11. The van der Waals surface area contributed by atoms with Gasteiger partial charge in [-0.3, -0.25) is 0 Å². The third-order valence-electron chi connectivity index (χ3n) is 5.21. The number of carbonyl (C=O) groups excluding carboxylic acids is 1. The number of unbranched alkanes of at least 4 members (excludes halogenated alkanes) is 3. The third-order valence-corrected chi connectivity index (χ3v) is 19.3. The Bertz CT molecular complexity index is 372. The molecule has 0 amide bonds. The number of hydrogen-bond acceptors (Lipinski definition) is 3. The van der Waals surface area contributed by atoms with Crippen molar-refractivity contribution in [3.63, 3.8) is 0 Å². The molecule has 0 radical (unpaired) electrons. The van der Waals surface area contributed by atoms with E-state index in [0.717, 1.165) is 0 Å². The molecule has 1 saturated heterocycles. The van der Waals surface area contributed by atoms with Gasteiger partial charge in [0.1, 0.15) is 0 Å². The van der Waals surface area contributed by atoms with E-state index in [2.05, 4.69) is 30.9 Å². The van der Waals surface area contributed by atoms with Gasteiger partial charge in [0.15, 0.2) is 0 Å². The van der Waals surface area contributed by atoms with Gasteiger partial charge < -0.3 is 0 Å². The predicted molar refractivity (Wildman–Crippen MR) is 99.2 cm³/mol. The molecule has 1 aliphatic rings. The molecule has 23 heavy (non-hydrogen) atoms. The van der Waals surface area contributed by atoms with Crippen LogP contribution < -0.4 is 0 Å². The average Bonchev–Trinajstić information content (AvgIpc) is 2.79. The van der Waals surface area contributed by atoms with Crippen LogP contribution in [0.2, 0.25) is 13.3 Å². The summed E-state index contributed by atoms with van der Waals surface area (Å²) in [6.07, 6.45) is 9.19. The molecule has 0 aromatic heterocycles. The van der Waals surface area contributed by atoms with Crippen LogP contribution in [0.1, 0.15) is 72.6 Å². The Morgan fingerprint density at radius 1 is 1.13 bits per heavy atom. The first-order valence-corrected chi connectivity index (χ1v) is 17.2. The van der Waals surface area contributed by atoms with Crippen molar-refractivity contribution in [1.82, 2.24) is 0 Å². The summed E-state index contributed by atoms with van der Waals surface area (Å²) in [6.45, 7) is 8.66. The van der Waals surface area contributed by atoms with E-state index in [1.165, 1.54) is 51.8 Å². The second kappa shape index (κ2) is 10.1. The zero-order valence-electron chi connectivity index (χ0n) is 15.6. The number of carbonyl (C=O) groups is 1. The molecule has 1 rings (SSSR count). The molecule has 0 aliphatic carbocycles. The standard InChI is InChI=1S/C7H9O3.3C4H9.Sn/c1-3-7(2)5(8)4-6(9)10-7;3*1-3-4-2;/h1,3,5,8H,4H2,2H3;3*1,3-4H2,2H3;/t5-,7+;;;;/m1..../s1. The Kier molecular flexibility index (Phi) is 9.20. The van der Waals surface area contributed by atoms with Crippen LogP contribution in [0.3, 0.4) is 0 Å². The van der Waals surface area contributed by atoms with Crippen LogP contribution in [0.5, 0.6) is 0 Å². The molecule has 0 aromatic carbocycles. The van der Waals surface area contributed by atoms with Gasteiger partial charge in [-0.05, 0) is 0 Å². The predicted octanol–water partition coefficient (Wildman–Crippen LogP) is 5.00. The van der Waals surface area contributed by atoms with Gasteiger partial charge in [0.2, 0.25) is 0 Å². The Morgan fingerprint density at radius 3 is 1.96 bits per heavy atom. The minimum atomic E-state index is -2.37. The zero-order valence-corrected chi connectivity index (χ0v) is 18.4. The van der Waals surface area contributed by atoms with Crippen LogP contribution in [0.25, 0.3) is 0 Å². The van der Waals surface area contributed by atoms with Gasteiger partial charge in [-0.2, -0.15) is 0 Å². The first-order chi connectivity index (χ1) is 10.9. The van der Waals surface area contributed by atoms with Crippen molar-refractivity contribution in [1.29, 1.82) is 0 Å². The zero-order chi connectivity index (χ0) is 17.3. The van der Waals surface area contributed by atoms with Crippen LogP contribution in [0.4, 0.5) is 0 Å². The monoisotopic (exact) mass is 432 g/mol. The Morgan fingerprint density at radius 2 is 1.61 bits per heavy atom. The van der Waals surface area contributed by atoms with E-state index in [1.54, 1.807) is 0 Å². The molecule has 1 fully saturated rings. The first-order valence-electron chi connectivity index (χ1n) is 9.51. The Labute approximate surface area is 146 Å². The van der Waals surface area contributed by atoms with Gasteiger partial charge in [-0.1, -0.05) is 0 Å². The molecular weight excluding hydrogens is 395 g/mol. The molecule has 1 aliphatic heterocycles. The maximum absolute atomic E-state index is 11.5. The van der Waals surface area contributed by atoms with Gasteiger partial charge in [-0.25, -0.2) is 0 Å². The molecule has 2 atom stereocenters. The van der Waals surface area contributed by atoms with Crippen LogP contribution in [0, 0.1) is 0 Å². The third kappa shape index (κ3) is 6.41. The minimum absolute atomic E-state index is 0.127. The van der Waals surface area contributed by atoms with Crippen molar-refractivity contribution < 1.29 is 14.6 Å². The summed E-state index contributed by atoms with van der Waals surface area (Å²) < 4.78 is 12.1. The van der Waals surface area contributed by atoms with E-state index in [4.69, 9.17) is 4.74 Å². The number of esters is 1. The fourth-order valence-electron chi connectivity index (χ4n) is 3.41. The van der Waals surface area contributed by atoms with Crippen molar-refractivity contribution in [2.75, 3.05) is 0 Å². The van der Waals surface area contributed by atoms with Crippen molar-refractivity contribution in [2.24, 2.45) is 0 Å². The molecule has 0 saturated carbocycles. The van der Waals surface area contributed by atoms with Crippen LogP contribution >= 0.6 is 0 Å². The number of hydrogen-bond donors (Lipinski definition) is 1. The van der Waals surface area contributed by atoms with Crippen molar-refractivity contribution in [3.8, 4) is 0 Å². The topological polar surface area (TPSA) is 46.5 Å². The number of aliphatic hydroxyl groups excluding tert-OH is 1. The molecule has 3 nitrogen and oxygen atoms in total. The van der Waals surface area contributed by atoms with Gasteiger partial charge in [-0.15, -0.1) is 0 Å². The van der Waals surface area contributed by atoms with Crippen molar-refractivity contribution in [2.45, 2.75) is 97.7 Å². The summed E-state index contributed by atoms with van der Waals surface area (Å²) >= 11 is -2.37. The first kappa shape index (κ1) is 21.0. The second-order valence-corrected chi connectivity index (χ2v) is 20.4. The van der Waals surface area contributed by atoms with E-state index in [1.807, 2.05) is 6.92 Å². The summed E-state index contributed by atoms with van der Waals surface area (Å²) in [5, 5.41) is 10.2. The van der Waals surface area contributed by atoms with Gasteiger partial charge in [0.25, 0.3) is 0 Å². The molecule has 1 N–H and O–H groups in total. The summed E-state index contributed by atoms with van der Waals surface area (Å²) in [5.74, 6) is -0.277. The summed E-state index contributed by atoms with van der Waals surface area (Å²) in [7, 11) is 0. The van der Waals surface area contributed by atoms with Gasteiger partial charge in [0.05, 0.1) is 0 Å². The van der Waals surface area contributed by atoms with Crippen molar-refractivity contribution in [3.05, 3.63) is 10.2 Å². The Balaban J connectivity index is 2.95. The normalized spacial score (nSPS) is 25.3. The number of ether oxygens (including phenoxy) is 1. The SMILES string of the molecule is CCC[CH2][Sn](/[CH]=C/[C@]1(C)OC(=O)C[C@H]1O)([CH2]CCC)[CH2]CCC. The fraction of sp³-hybridized carbons (Fsp3) is 0.842. The Hall–Kier alpha value is -0.0313. The van der Waals surface area contributed by atoms with E-state index in [-0.39, 0.29) is 12.4 Å². The van der Waals surface area contributed by atoms with Crippen LogP contribution in [0.15, 0.2) is 10.2 Å². The summed E-state index contributed by atoms with van der Waals surface area (Å²) in [6, 6.07) is 0. The molecule has 0 bridgehead atoms. The number of aliphatic hydroxyl groups is 1. The van der Waals surface area contributed by atoms with Gasteiger partial charge >= 0.3 is 147 Å². The molecule has 0 aromatic rings. The fourth-order valence-corrected chi connectivity index (χ4v) is 18.0. The molecular formula is C19H36O3Sn. The van der Waals surface area contributed by atoms with E-state index >= 15 is 0 Å². The van der Waals surface area contributed by atoms with E-state index in [9.17, 15) is 9.90 Å². The second-order valence-electron chi connectivity index (χ2n) is 7.38. The molecule has 1 heterocycles. The van der Waals surface area contributed by atoms with Crippen LogP contribution in [-0.4, -0.2) is 41.2 Å². The van der Waals surface area contributed by atoms with Gasteiger partial charge in [0, 0.05) is 0 Å².